The van der Waals surface area contributed by atoms with Crippen LogP contribution in [0.25, 0.3) is 16.0 Å². The minimum atomic E-state index is -0.929. The number of rotatable bonds is 6. The third-order valence-electron chi connectivity index (χ3n) is 5.82. The monoisotopic (exact) mass is 520 g/mol. The molecule has 0 radical (unpaired) electrons. The van der Waals surface area contributed by atoms with E-state index in [1.807, 2.05) is 13.0 Å². The number of ketones is 1. The first-order valence-corrected chi connectivity index (χ1v) is 12.3. The number of aliphatic hydroxyl groups is 1. The summed E-state index contributed by atoms with van der Waals surface area (Å²) in [5, 5.41) is 12.1. The summed E-state index contributed by atoms with van der Waals surface area (Å²) in [4.78, 5) is 32.7. The Morgan fingerprint density at radius 3 is 2.64 bits per heavy atom. The minimum absolute atomic E-state index is 0.0484. The van der Waals surface area contributed by atoms with E-state index in [0.29, 0.717) is 44.9 Å². The number of nitrogens with zero attached hydrogens (tertiary/aromatic N) is 2. The molecule has 182 valence electrons. The van der Waals surface area contributed by atoms with Crippen molar-refractivity contribution in [1.82, 2.24) is 4.98 Å². The largest absolute Gasteiger partial charge is 0.507 e. The van der Waals surface area contributed by atoms with Gasteiger partial charge in [-0.2, -0.15) is 0 Å². The van der Waals surface area contributed by atoms with Crippen molar-refractivity contribution in [3.8, 4) is 11.5 Å². The second-order valence-electron chi connectivity index (χ2n) is 8.02. The second-order valence-corrected chi connectivity index (χ2v) is 9.46. The first-order valence-electron chi connectivity index (χ1n) is 11.2. The zero-order valence-electron chi connectivity index (χ0n) is 19.4. The Bertz CT molecular complexity index is 1530. The lowest BCUT2D eigenvalue weighted by Gasteiger charge is -2.23. The Morgan fingerprint density at radius 2 is 1.89 bits per heavy atom. The summed E-state index contributed by atoms with van der Waals surface area (Å²) < 4.78 is 11.6. The molecule has 0 saturated carbocycles. The van der Waals surface area contributed by atoms with E-state index in [0.717, 1.165) is 4.70 Å². The van der Waals surface area contributed by atoms with Gasteiger partial charge in [0.15, 0.2) is 5.13 Å². The van der Waals surface area contributed by atoms with E-state index >= 15 is 0 Å². The van der Waals surface area contributed by atoms with Crippen LogP contribution >= 0.6 is 22.9 Å². The van der Waals surface area contributed by atoms with Crippen LogP contribution in [0, 0.1) is 0 Å². The number of aromatic nitrogens is 1. The van der Waals surface area contributed by atoms with Crippen LogP contribution in [0.15, 0.2) is 72.3 Å². The van der Waals surface area contributed by atoms with E-state index in [9.17, 15) is 14.7 Å². The maximum atomic E-state index is 13.4. The van der Waals surface area contributed by atoms with Gasteiger partial charge in [-0.25, -0.2) is 4.98 Å². The molecule has 0 bridgehead atoms. The van der Waals surface area contributed by atoms with Crippen LogP contribution in [0.3, 0.4) is 0 Å². The van der Waals surface area contributed by atoms with Crippen LogP contribution in [0.5, 0.6) is 11.5 Å². The fourth-order valence-corrected chi connectivity index (χ4v) is 5.42. The van der Waals surface area contributed by atoms with Crippen LogP contribution in [-0.2, 0) is 9.59 Å². The number of halogens is 1. The summed E-state index contributed by atoms with van der Waals surface area (Å²) in [5.74, 6) is -0.703. The van der Waals surface area contributed by atoms with Gasteiger partial charge in [-0.15, -0.1) is 0 Å². The first-order chi connectivity index (χ1) is 17.4. The molecule has 0 aliphatic carbocycles. The molecule has 1 aromatic heterocycles. The van der Waals surface area contributed by atoms with E-state index in [4.69, 9.17) is 21.1 Å². The van der Waals surface area contributed by atoms with Gasteiger partial charge in [-0.05, 0) is 55.0 Å². The van der Waals surface area contributed by atoms with Crippen LogP contribution in [-0.4, -0.2) is 35.5 Å². The van der Waals surface area contributed by atoms with Crippen LogP contribution < -0.4 is 14.4 Å². The Morgan fingerprint density at radius 1 is 1.08 bits per heavy atom. The normalized spacial score (nSPS) is 17.1. The van der Waals surface area contributed by atoms with Gasteiger partial charge in [0.25, 0.3) is 5.78 Å². The van der Waals surface area contributed by atoms with Gasteiger partial charge in [0.05, 0.1) is 35.5 Å². The summed E-state index contributed by atoms with van der Waals surface area (Å²) in [6.45, 7) is 2.30. The SMILES string of the molecule is CCOc1cccc(C(O)=C2C(=O)C(=O)N(c3nc4ccc(OC)cc4s3)C2c2cccc(Cl)c2)c1. The van der Waals surface area contributed by atoms with Gasteiger partial charge < -0.3 is 14.6 Å². The van der Waals surface area contributed by atoms with E-state index in [1.165, 1.54) is 16.2 Å². The minimum Gasteiger partial charge on any atom is -0.507 e. The number of hydrogen-bond acceptors (Lipinski definition) is 7. The average Bonchev–Trinajstić information content (AvgIpc) is 3.41. The van der Waals surface area contributed by atoms with Crippen molar-refractivity contribution in [3.63, 3.8) is 0 Å². The maximum absolute atomic E-state index is 13.4. The van der Waals surface area contributed by atoms with Crippen LogP contribution in [0.1, 0.15) is 24.1 Å². The summed E-state index contributed by atoms with van der Waals surface area (Å²) in [6.07, 6.45) is 0. The lowest BCUT2D eigenvalue weighted by Crippen LogP contribution is -2.29. The molecule has 1 aliphatic heterocycles. The number of methoxy groups -OCH3 is 1. The summed E-state index contributed by atoms with van der Waals surface area (Å²) in [7, 11) is 1.57. The Kier molecular flexibility index (Phi) is 6.38. The third-order valence-corrected chi connectivity index (χ3v) is 7.07. The van der Waals surface area contributed by atoms with Crippen molar-refractivity contribution in [2.45, 2.75) is 13.0 Å². The van der Waals surface area contributed by atoms with E-state index < -0.39 is 17.7 Å². The molecule has 9 heteroatoms. The highest BCUT2D eigenvalue weighted by atomic mass is 35.5. The molecule has 1 saturated heterocycles. The number of Topliss-reactive ketones (excluding diaryl/α,β-unsaturated/α-hetero) is 1. The van der Waals surface area contributed by atoms with E-state index in [2.05, 4.69) is 4.98 Å². The molecule has 1 N–H and O–H groups in total. The van der Waals surface area contributed by atoms with Crippen LogP contribution in [0.2, 0.25) is 5.02 Å². The molecular formula is C27H21ClN2O5S. The standard InChI is InChI=1S/C27H21ClN2O5S/c1-3-35-19-9-5-7-16(13-19)24(31)22-23(15-6-4-8-17(28)12-15)30(26(33)25(22)32)27-29-20-11-10-18(34-2)14-21(20)36-27/h4-14,23,31H,3H2,1-2H3. The van der Waals surface area contributed by atoms with Gasteiger partial charge in [0, 0.05) is 10.6 Å². The summed E-state index contributed by atoms with van der Waals surface area (Å²) in [5.41, 5.74) is 1.54. The Labute approximate surface area is 216 Å². The van der Waals surface area contributed by atoms with Gasteiger partial charge in [-0.1, -0.05) is 47.2 Å². The number of aliphatic hydroxyl groups excluding tert-OH is 1. The Balaban J connectivity index is 1.70. The molecule has 1 fully saturated rings. The molecule has 1 aliphatic rings. The number of hydrogen-bond donors (Lipinski definition) is 1. The quantitative estimate of drug-likeness (QED) is 0.191. The van der Waals surface area contributed by atoms with Crippen molar-refractivity contribution >= 4 is 55.7 Å². The predicted octanol–water partition coefficient (Wildman–Crippen LogP) is 5.98. The van der Waals surface area contributed by atoms with Crippen molar-refractivity contribution in [1.29, 1.82) is 0 Å². The van der Waals surface area contributed by atoms with Crippen molar-refractivity contribution < 1.29 is 24.2 Å². The zero-order chi connectivity index (χ0) is 25.4. The number of fused-ring (bicyclic) bond motifs is 1. The lowest BCUT2D eigenvalue weighted by molar-refractivity contribution is -0.132. The van der Waals surface area contributed by atoms with Crippen molar-refractivity contribution in [2.75, 3.05) is 18.6 Å². The molecule has 36 heavy (non-hydrogen) atoms. The molecule has 5 rings (SSSR count). The van der Waals surface area contributed by atoms with Crippen LogP contribution in [0.4, 0.5) is 5.13 Å². The molecule has 3 aromatic carbocycles. The molecule has 4 aromatic rings. The number of thiazole rings is 1. The topological polar surface area (TPSA) is 89.0 Å². The number of carbonyl (C=O) groups is 2. The molecule has 1 atom stereocenters. The number of carbonyl (C=O) groups excluding carboxylic acids is 2. The van der Waals surface area contributed by atoms with Gasteiger partial charge in [-0.3, -0.25) is 14.5 Å². The second kappa shape index (κ2) is 9.64. The fraction of sp³-hybridized carbons (Fsp3) is 0.148. The Hall–Kier alpha value is -3.88. The van der Waals surface area contributed by atoms with Gasteiger partial charge in [0.1, 0.15) is 17.3 Å². The number of amides is 1. The fourth-order valence-electron chi connectivity index (χ4n) is 4.20. The molecule has 1 amide bonds. The predicted molar refractivity (Wildman–Crippen MR) is 140 cm³/mol. The molecular weight excluding hydrogens is 500 g/mol. The van der Waals surface area contributed by atoms with E-state index in [-0.39, 0.29) is 11.3 Å². The highest BCUT2D eigenvalue weighted by Gasteiger charge is 2.48. The number of ether oxygens (including phenoxy) is 2. The maximum Gasteiger partial charge on any atom is 0.301 e. The smallest absolute Gasteiger partial charge is 0.301 e. The number of benzene rings is 3. The number of anilines is 1. The third kappa shape index (κ3) is 4.19. The molecule has 1 unspecified atom stereocenters. The lowest BCUT2D eigenvalue weighted by atomic mass is 9.95. The first kappa shape index (κ1) is 23.8. The zero-order valence-corrected chi connectivity index (χ0v) is 21.0. The van der Waals surface area contributed by atoms with Crippen molar-refractivity contribution in [2.24, 2.45) is 0 Å². The van der Waals surface area contributed by atoms with Gasteiger partial charge >= 0.3 is 5.91 Å². The summed E-state index contributed by atoms with van der Waals surface area (Å²) in [6, 6.07) is 18.1. The van der Waals surface area contributed by atoms with E-state index in [1.54, 1.807) is 67.8 Å². The molecule has 2 heterocycles. The highest BCUT2D eigenvalue weighted by Crippen LogP contribution is 2.45. The van der Waals surface area contributed by atoms with Gasteiger partial charge in [0.2, 0.25) is 0 Å². The average molecular weight is 521 g/mol. The molecule has 7 nitrogen and oxygen atoms in total. The highest BCUT2D eigenvalue weighted by molar-refractivity contribution is 7.22. The molecule has 0 spiro atoms. The van der Waals surface area contributed by atoms with Crippen molar-refractivity contribution in [3.05, 3.63) is 88.5 Å². The summed E-state index contributed by atoms with van der Waals surface area (Å²) >= 11 is 7.53.